The maximum absolute atomic E-state index is 12.3. The number of carbonyl (C=O) groups excluding carboxylic acids is 2. The van der Waals surface area contributed by atoms with Gasteiger partial charge in [0.1, 0.15) is 11.5 Å². The number of pyridine rings is 1. The first-order valence-electron chi connectivity index (χ1n) is 10.9. The van der Waals surface area contributed by atoms with Gasteiger partial charge >= 0.3 is 0 Å². The van der Waals surface area contributed by atoms with Gasteiger partial charge in [0.2, 0.25) is 18.6 Å². The summed E-state index contributed by atoms with van der Waals surface area (Å²) in [6.07, 6.45) is 2.55. The van der Waals surface area contributed by atoms with Crippen molar-refractivity contribution in [2.75, 3.05) is 19.9 Å². The molecule has 2 heterocycles. The smallest absolute Gasteiger partial charge is 0.251 e. The molecule has 0 fully saturated rings. The zero-order valence-corrected chi connectivity index (χ0v) is 18.7. The van der Waals surface area contributed by atoms with Gasteiger partial charge in [0.25, 0.3) is 5.91 Å². The zero-order chi connectivity index (χ0) is 23.8. The van der Waals surface area contributed by atoms with Gasteiger partial charge in [0.15, 0.2) is 11.5 Å². The quantitative estimate of drug-likeness (QED) is 0.474. The molecule has 0 aliphatic carbocycles. The molecule has 9 nitrogen and oxygen atoms in total. The van der Waals surface area contributed by atoms with Crippen LogP contribution < -0.4 is 29.6 Å². The Morgan fingerprint density at radius 2 is 1.79 bits per heavy atom. The van der Waals surface area contributed by atoms with Gasteiger partial charge in [-0.1, -0.05) is 13.0 Å². The number of nitrogens with one attached hydrogen (secondary N) is 2. The molecule has 4 rings (SSSR count). The minimum Gasteiger partial charge on any atom is -0.494 e. The van der Waals surface area contributed by atoms with E-state index >= 15 is 0 Å². The molecule has 0 atom stereocenters. The summed E-state index contributed by atoms with van der Waals surface area (Å²) in [5, 5.41) is 5.36. The van der Waals surface area contributed by atoms with E-state index in [1.165, 1.54) is 0 Å². The summed E-state index contributed by atoms with van der Waals surface area (Å²) < 4.78 is 22.0. The number of fused-ring (bicyclic) bond motifs is 1. The lowest BCUT2D eigenvalue weighted by atomic mass is 10.2. The molecule has 0 saturated heterocycles. The van der Waals surface area contributed by atoms with E-state index in [1.807, 2.05) is 25.1 Å². The van der Waals surface area contributed by atoms with Crippen molar-refractivity contribution in [3.63, 3.8) is 0 Å². The molecule has 34 heavy (non-hydrogen) atoms. The van der Waals surface area contributed by atoms with E-state index < -0.39 is 0 Å². The van der Waals surface area contributed by atoms with Crippen LogP contribution in [0.1, 0.15) is 29.3 Å². The molecule has 0 unspecified atom stereocenters. The molecule has 2 N–H and O–H groups in total. The van der Waals surface area contributed by atoms with Crippen LogP contribution in [0, 0.1) is 0 Å². The Balaban J connectivity index is 1.28. The van der Waals surface area contributed by atoms with Crippen molar-refractivity contribution in [1.29, 1.82) is 0 Å². The van der Waals surface area contributed by atoms with Gasteiger partial charge < -0.3 is 29.6 Å². The Labute approximate surface area is 197 Å². The second-order valence-corrected chi connectivity index (χ2v) is 7.42. The van der Waals surface area contributed by atoms with E-state index in [2.05, 4.69) is 15.6 Å². The first-order valence-corrected chi connectivity index (χ1v) is 10.9. The van der Waals surface area contributed by atoms with E-state index in [-0.39, 0.29) is 31.7 Å². The van der Waals surface area contributed by atoms with Crippen LogP contribution in [0.3, 0.4) is 0 Å². The summed E-state index contributed by atoms with van der Waals surface area (Å²) in [5.41, 5.74) is 1.08. The highest BCUT2D eigenvalue weighted by Gasteiger charge is 2.17. The van der Waals surface area contributed by atoms with Gasteiger partial charge in [-0.3, -0.25) is 9.59 Å². The van der Waals surface area contributed by atoms with Crippen LogP contribution in [0.2, 0.25) is 0 Å². The first kappa shape index (κ1) is 22.9. The van der Waals surface area contributed by atoms with E-state index in [9.17, 15) is 9.59 Å². The highest BCUT2D eigenvalue weighted by molar-refractivity contribution is 5.97. The molecule has 0 saturated carbocycles. The highest BCUT2D eigenvalue weighted by atomic mass is 16.7. The molecule has 1 aliphatic heterocycles. The van der Waals surface area contributed by atoms with Crippen LogP contribution in [0.15, 0.2) is 60.8 Å². The summed E-state index contributed by atoms with van der Waals surface area (Å²) in [4.78, 5) is 28.9. The molecule has 0 spiro atoms. The van der Waals surface area contributed by atoms with Crippen molar-refractivity contribution in [3.8, 4) is 28.9 Å². The number of ether oxygens (including phenoxy) is 4. The summed E-state index contributed by atoms with van der Waals surface area (Å²) in [6, 6.07) is 15.7. The van der Waals surface area contributed by atoms with Gasteiger partial charge in [-0.05, 0) is 55.0 Å². The van der Waals surface area contributed by atoms with E-state index in [0.717, 1.165) is 12.2 Å². The number of rotatable bonds is 10. The van der Waals surface area contributed by atoms with Crippen molar-refractivity contribution in [2.45, 2.75) is 19.9 Å². The number of amides is 2. The maximum atomic E-state index is 12.3. The molecule has 2 aromatic carbocycles. The van der Waals surface area contributed by atoms with Crippen molar-refractivity contribution in [1.82, 2.24) is 15.6 Å². The van der Waals surface area contributed by atoms with Crippen LogP contribution in [-0.2, 0) is 11.3 Å². The average molecular weight is 463 g/mol. The average Bonchev–Trinajstić information content (AvgIpc) is 3.34. The monoisotopic (exact) mass is 463 g/mol. The SMILES string of the molecule is CCCOc1ccc(Oc2ncccc2CNC(=O)CNC(=O)c2ccc3c(c2)OCO3)cc1. The molecule has 0 bridgehead atoms. The molecule has 1 aliphatic rings. The Hall–Kier alpha value is -4.27. The van der Waals surface area contributed by atoms with Crippen LogP contribution in [0.5, 0.6) is 28.9 Å². The molecule has 3 aromatic rings. The summed E-state index contributed by atoms with van der Waals surface area (Å²) in [6.45, 7) is 2.84. The normalized spacial score (nSPS) is 11.6. The van der Waals surface area contributed by atoms with Crippen molar-refractivity contribution < 1.29 is 28.5 Å². The van der Waals surface area contributed by atoms with E-state index in [0.29, 0.717) is 40.9 Å². The lowest BCUT2D eigenvalue weighted by molar-refractivity contribution is -0.120. The second kappa shape index (κ2) is 11.0. The largest absolute Gasteiger partial charge is 0.494 e. The van der Waals surface area contributed by atoms with Gasteiger partial charge in [0, 0.05) is 23.9 Å². The van der Waals surface area contributed by atoms with Gasteiger partial charge in [-0.15, -0.1) is 0 Å². The number of hydrogen-bond acceptors (Lipinski definition) is 7. The van der Waals surface area contributed by atoms with Crippen molar-refractivity contribution >= 4 is 11.8 Å². The van der Waals surface area contributed by atoms with Gasteiger partial charge in [0.05, 0.1) is 13.2 Å². The molecular formula is C25H25N3O6. The fraction of sp³-hybridized carbons (Fsp3) is 0.240. The number of aromatic nitrogens is 1. The zero-order valence-electron chi connectivity index (χ0n) is 18.7. The summed E-state index contributed by atoms with van der Waals surface area (Å²) >= 11 is 0. The molecule has 9 heteroatoms. The van der Waals surface area contributed by atoms with Crippen LogP contribution in [0.4, 0.5) is 0 Å². The van der Waals surface area contributed by atoms with E-state index in [1.54, 1.807) is 42.6 Å². The molecule has 1 aromatic heterocycles. The summed E-state index contributed by atoms with van der Waals surface area (Å²) in [5.74, 6) is 2.12. The minimum atomic E-state index is -0.384. The number of nitrogens with zero attached hydrogens (tertiary/aromatic N) is 1. The maximum Gasteiger partial charge on any atom is 0.251 e. The molecule has 2 amide bonds. The third-order valence-corrected chi connectivity index (χ3v) is 4.88. The molecule has 176 valence electrons. The molecule has 0 radical (unpaired) electrons. The first-order chi connectivity index (χ1) is 16.6. The van der Waals surface area contributed by atoms with Crippen LogP contribution in [-0.4, -0.2) is 36.7 Å². The fourth-order valence-electron chi connectivity index (χ4n) is 3.14. The predicted molar refractivity (Wildman–Crippen MR) is 123 cm³/mol. The third-order valence-electron chi connectivity index (χ3n) is 4.88. The number of benzene rings is 2. The standard InChI is InChI=1S/C25H25N3O6/c1-2-12-31-19-6-8-20(9-7-19)34-25-18(4-3-11-26-25)14-27-23(29)15-28-24(30)17-5-10-21-22(13-17)33-16-32-21/h3-11,13H,2,12,14-16H2,1H3,(H,27,29)(H,28,30). The van der Waals surface area contributed by atoms with Crippen LogP contribution in [0.25, 0.3) is 0 Å². The van der Waals surface area contributed by atoms with Gasteiger partial charge in [-0.25, -0.2) is 4.98 Å². The Morgan fingerprint density at radius 3 is 2.62 bits per heavy atom. The third kappa shape index (κ3) is 5.94. The summed E-state index contributed by atoms with van der Waals surface area (Å²) in [7, 11) is 0. The van der Waals surface area contributed by atoms with Crippen molar-refractivity contribution in [2.24, 2.45) is 0 Å². The topological polar surface area (TPSA) is 108 Å². The lowest BCUT2D eigenvalue weighted by Gasteiger charge is -2.12. The number of hydrogen-bond donors (Lipinski definition) is 2. The van der Waals surface area contributed by atoms with Crippen molar-refractivity contribution in [3.05, 3.63) is 71.9 Å². The fourth-order valence-corrected chi connectivity index (χ4v) is 3.14. The lowest BCUT2D eigenvalue weighted by Crippen LogP contribution is -2.36. The van der Waals surface area contributed by atoms with Gasteiger partial charge in [-0.2, -0.15) is 0 Å². The van der Waals surface area contributed by atoms with E-state index in [4.69, 9.17) is 18.9 Å². The minimum absolute atomic E-state index is 0.127. The second-order valence-electron chi connectivity index (χ2n) is 7.42. The predicted octanol–water partition coefficient (Wildman–Crippen LogP) is 3.44. The van der Waals surface area contributed by atoms with Crippen LogP contribution >= 0.6 is 0 Å². The Kier molecular flexibility index (Phi) is 7.44. The Morgan fingerprint density at radius 1 is 1.00 bits per heavy atom. The Bertz CT molecular complexity index is 1150. The molecular weight excluding hydrogens is 438 g/mol. The highest BCUT2D eigenvalue weighted by Crippen LogP contribution is 2.32. The number of carbonyl (C=O) groups is 2.